The number of hydrogen-bond donors (Lipinski definition) is 3. The highest BCUT2D eigenvalue weighted by atomic mass is 16.4. The topological polar surface area (TPSA) is 114 Å². The largest absolute Gasteiger partial charge is 0.481 e. The second-order valence-corrected chi connectivity index (χ2v) is 3.59. The van der Waals surface area contributed by atoms with Gasteiger partial charge in [-0.15, -0.1) is 5.10 Å². The predicted molar refractivity (Wildman–Crippen MR) is 72.6 cm³/mol. The summed E-state index contributed by atoms with van der Waals surface area (Å²) < 4.78 is 0. The van der Waals surface area contributed by atoms with Crippen molar-refractivity contribution in [3.8, 4) is 0 Å². The van der Waals surface area contributed by atoms with Crippen LogP contribution in [0.2, 0.25) is 0 Å². The van der Waals surface area contributed by atoms with Crippen LogP contribution in [0.4, 0.5) is 0 Å². The highest BCUT2D eigenvalue weighted by molar-refractivity contribution is 5.84. The standard InChI is InChI=1S/C10H14N4.C2H4O2/c1-7-4-3-5-8(2)9(7)6-13-14-10(11)12;1-2(3)4/h3-6H,1-2H3,(H4,11,12,14);1H3,(H,3,4)/b13-6+;. The number of nitrogens with two attached hydrogens (primary N) is 2. The molecule has 5 N–H and O–H groups in total. The van der Waals surface area contributed by atoms with E-state index in [1.54, 1.807) is 6.21 Å². The molecule has 0 aliphatic heterocycles. The molecule has 1 aromatic carbocycles. The van der Waals surface area contributed by atoms with Gasteiger partial charge in [-0.25, -0.2) is 0 Å². The number of hydrogen-bond acceptors (Lipinski definition) is 3. The molecule has 0 bridgehead atoms. The van der Waals surface area contributed by atoms with Crippen molar-refractivity contribution in [2.75, 3.05) is 0 Å². The fourth-order valence-electron chi connectivity index (χ4n) is 1.18. The molecule has 0 aliphatic rings. The Morgan fingerprint density at radius 1 is 1.28 bits per heavy atom. The van der Waals surface area contributed by atoms with Crippen LogP contribution >= 0.6 is 0 Å². The molecule has 0 aromatic heterocycles. The molecule has 0 atom stereocenters. The highest BCUT2D eigenvalue weighted by Gasteiger charge is 1.97. The van der Waals surface area contributed by atoms with Crippen molar-refractivity contribution in [2.45, 2.75) is 20.8 Å². The number of benzene rings is 1. The fraction of sp³-hybridized carbons (Fsp3) is 0.250. The molecule has 0 saturated carbocycles. The second kappa shape index (κ2) is 7.83. The molecule has 0 saturated heterocycles. The Balaban J connectivity index is 0.000000631. The molecule has 6 nitrogen and oxygen atoms in total. The number of aliphatic carboxylic acids is 1. The van der Waals surface area contributed by atoms with Gasteiger partial charge in [-0.2, -0.15) is 5.10 Å². The van der Waals surface area contributed by atoms with Crippen LogP contribution in [0.1, 0.15) is 23.6 Å². The minimum absolute atomic E-state index is 0.0347. The summed E-state index contributed by atoms with van der Waals surface area (Å²) in [4.78, 5) is 9.00. The van der Waals surface area contributed by atoms with E-state index in [-0.39, 0.29) is 5.96 Å². The maximum absolute atomic E-state index is 9.00. The van der Waals surface area contributed by atoms with Crippen LogP contribution in [0, 0.1) is 13.8 Å². The normalized spacial score (nSPS) is 9.50. The molecule has 0 fully saturated rings. The van der Waals surface area contributed by atoms with Crippen molar-refractivity contribution in [1.29, 1.82) is 0 Å². The number of guanidine groups is 1. The van der Waals surface area contributed by atoms with Crippen LogP contribution < -0.4 is 11.5 Å². The Morgan fingerprint density at radius 3 is 2.11 bits per heavy atom. The lowest BCUT2D eigenvalue weighted by atomic mass is 10.0. The molecule has 1 rings (SSSR count). The van der Waals surface area contributed by atoms with Crippen molar-refractivity contribution in [2.24, 2.45) is 21.7 Å². The van der Waals surface area contributed by atoms with Crippen LogP contribution in [0.25, 0.3) is 0 Å². The minimum Gasteiger partial charge on any atom is -0.481 e. The second-order valence-electron chi connectivity index (χ2n) is 3.59. The molecular weight excluding hydrogens is 232 g/mol. The number of carbonyl (C=O) groups is 1. The Morgan fingerprint density at radius 2 is 1.72 bits per heavy atom. The number of carboxylic acids is 1. The lowest BCUT2D eigenvalue weighted by Crippen LogP contribution is -2.21. The van der Waals surface area contributed by atoms with Gasteiger partial charge < -0.3 is 16.6 Å². The van der Waals surface area contributed by atoms with E-state index < -0.39 is 5.97 Å². The van der Waals surface area contributed by atoms with Gasteiger partial charge in [-0.05, 0) is 25.0 Å². The maximum atomic E-state index is 9.00. The Kier molecular flexibility index (Phi) is 6.80. The molecule has 98 valence electrons. The van der Waals surface area contributed by atoms with E-state index in [0.29, 0.717) is 0 Å². The Hall–Kier alpha value is -2.37. The van der Waals surface area contributed by atoms with Crippen LogP contribution in [0.15, 0.2) is 28.4 Å². The SMILES string of the molecule is CC(=O)O.Cc1cccc(C)c1/C=N/N=C(N)N. The third-order valence-corrected chi connectivity index (χ3v) is 1.90. The molecule has 0 spiro atoms. The van der Waals surface area contributed by atoms with E-state index in [1.165, 1.54) is 0 Å². The van der Waals surface area contributed by atoms with Gasteiger partial charge in [0.1, 0.15) is 0 Å². The van der Waals surface area contributed by atoms with Crippen molar-refractivity contribution in [3.05, 3.63) is 34.9 Å². The van der Waals surface area contributed by atoms with E-state index in [2.05, 4.69) is 10.2 Å². The van der Waals surface area contributed by atoms with Gasteiger partial charge in [0.25, 0.3) is 5.97 Å². The zero-order valence-corrected chi connectivity index (χ0v) is 10.7. The summed E-state index contributed by atoms with van der Waals surface area (Å²) in [5, 5.41) is 14.7. The number of aryl methyl sites for hydroxylation is 2. The first-order chi connectivity index (χ1) is 8.34. The first kappa shape index (κ1) is 15.6. The summed E-state index contributed by atoms with van der Waals surface area (Å²) >= 11 is 0. The Bertz CT molecular complexity index is 439. The summed E-state index contributed by atoms with van der Waals surface area (Å²) in [6.07, 6.45) is 1.66. The summed E-state index contributed by atoms with van der Waals surface area (Å²) in [5.41, 5.74) is 13.7. The number of carboxylic acid groups (broad SMARTS) is 1. The zero-order valence-electron chi connectivity index (χ0n) is 10.7. The molecular formula is C12H18N4O2. The predicted octanol–water partition coefficient (Wildman–Crippen LogP) is 1.00. The van der Waals surface area contributed by atoms with Crippen molar-refractivity contribution in [3.63, 3.8) is 0 Å². The van der Waals surface area contributed by atoms with Gasteiger partial charge in [0, 0.05) is 12.5 Å². The first-order valence-corrected chi connectivity index (χ1v) is 5.22. The summed E-state index contributed by atoms with van der Waals surface area (Å²) in [6, 6.07) is 6.04. The average molecular weight is 250 g/mol. The fourth-order valence-corrected chi connectivity index (χ4v) is 1.18. The van der Waals surface area contributed by atoms with Crippen molar-refractivity contribution >= 4 is 18.1 Å². The third kappa shape index (κ3) is 7.00. The highest BCUT2D eigenvalue weighted by Crippen LogP contribution is 2.10. The van der Waals surface area contributed by atoms with Crippen molar-refractivity contribution < 1.29 is 9.90 Å². The summed E-state index contributed by atoms with van der Waals surface area (Å²) in [7, 11) is 0. The molecule has 0 radical (unpaired) electrons. The first-order valence-electron chi connectivity index (χ1n) is 5.22. The summed E-state index contributed by atoms with van der Waals surface area (Å²) in [6.45, 7) is 5.12. The van der Waals surface area contributed by atoms with E-state index in [1.807, 2.05) is 32.0 Å². The zero-order chi connectivity index (χ0) is 14.1. The molecule has 0 aliphatic carbocycles. The monoisotopic (exact) mass is 250 g/mol. The van der Waals surface area contributed by atoms with Gasteiger partial charge in [0.15, 0.2) is 0 Å². The lowest BCUT2D eigenvalue weighted by Gasteiger charge is -2.02. The lowest BCUT2D eigenvalue weighted by molar-refractivity contribution is -0.134. The van der Waals surface area contributed by atoms with Crippen LogP contribution in [-0.2, 0) is 4.79 Å². The smallest absolute Gasteiger partial charge is 0.300 e. The molecule has 0 unspecified atom stereocenters. The minimum atomic E-state index is -0.833. The van der Waals surface area contributed by atoms with Gasteiger partial charge in [-0.1, -0.05) is 18.2 Å². The number of nitrogens with zero attached hydrogens (tertiary/aromatic N) is 2. The quantitative estimate of drug-likeness (QED) is 0.412. The van der Waals surface area contributed by atoms with Crippen LogP contribution in [-0.4, -0.2) is 23.2 Å². The average Bonchev–Trinajstić information content (AvgIpc) is 2.21. The van der Waals surface area contributed by atoms with E-state index in [0.717, 1.165) is 23.6 Å². The van der Waals surface area contributed by atoms with Gasteiger partial charge in [0.2, 0.25) is 5.96 Å². The molecule has 18 heavy (non-hydrogen) atoms. The van der Waals surface area contributed by atoms with Crippen LogP contribution in [0.5, 0.6) is 0 Å². The molecule has 1 aromatic rings. The van der Waals surface area contributed by atoms with Crippen LogP contribution in [0.3, 0.4) is 0 Å². The summed E-state index contributed by atoms with van der Waals surface area (Å²) in [5.74, 6) is -0.868. The van der Waals surface area contributed by atoms with Gasteiger partial charge in [0.05, 0.1) is 6.21 Å². The van der Waals surface area contributed by atoms with E-state index in [9.17, 15) is 0 Å². The molecule has 0 heterocycles. The van der Waals surface area contributed by atoms with E-state index >= 15 is 0 Å². The van der Waals surface area contributed by atoms with Gasteiger partial charge >= 0.3 is 0 Å². The Labute approximate surface area is 106 Å². The molecule has 0 amide bonds. The van der Waals surface area contributed by atoms with E-state index in [4.69, 9.17) is 21.4 Å². The number of rotatable bonds is 2. The maximum Gasteiger partial charge on any atom is 0.300 e. The van der Waals surface area contributed by atoms with Crippen molar-refractivity contribution in [1.82, 2.24) is 0 Å². The molecule has 6 heteroatoms. The van der Waals surface area contributed by atoms with Gasteiger partial charge in [-0.3, -0.25) is 4.79 Å². The third-order valence-electron chi connectivity index (χ3n) is 1.90.